The van der Waals surface area contributed by atoms with Crippen molar-refractivity contribution in [1.29, 1.82) is 0 Å². The Labute approximate surface area is 159 Å². The largest absolute Gasteiger partial charge is 0.496 e. The summed E-state index contributed by atoms with van der Waals surface area (Å²) in [4.78, 5) is 12.3. The zero-order valence-electron chi connectivity index (χ0n) is 14.2. The van der Waals surface area contributed by atoms with E-state index in [9.17, 15) is 4.79 Å². The van der Waals surface area contributed by atoms with Gasteiger partial charge in [0.05, 0.1) is 16.9 Å². The summed E-state index contributed by atoms with van der Waals surface area (Å²) < 4.78 is 8.31. The highest BCUT2D eigenvalue weighted by atomic mass is 127. The number of methoxy groups -OCH3 is 1. The second kappa shape index (κ2) is 7.26. The fourth-order valence-corrected chi connectivity index (χ4v) is 3.29. The lowest BCUT2D eigenvalue weighted by molar-refractivity contribution is 0.0954. The number of rotatable bonds is 4. The molecule has 3 aromatic rings. The first-order chi connectivity index (χ1) is 12.0. The number of ether oxygens (including phenoxy) is 1. The molecule has 0 radical (unpaired) electrons. The van der Waals surface area contributed by atoms with Gasteiger partial charge in [-0.2, -0.15) is 5.10 Å². The molecule has 6 heteroatoms. The molecule has 0 unspecified atom stereocenters. The summed E-state index contributed by atoms with van der Waals surface area (Å²) in [5.41, 5.74) is 6.31. The van der Waals surface area contributed by atoms with Crippen molar-refractivity contribution in [2.75, 3.05) is 7.11 Å². The molecule has 0 spiro atoms. The molecule has 25 heavy (non-hydrogen) atoms. The van der Waals surface area contributed by atoms with Crippen LogP contribution in [0.1, 0.15) is 21.6 Å². The summed E-state index contributed by atoms with van der Waals surface area (Å²) in [5.74, 6) is 0.394. The second-order valence-corrected chi connectivity index (χ2v) is 6.79. The van der Waals surface area contributed by atoms with Crippen LogP contribution in [0.3, 0.4) is 0 Å². The van der Waals surface area contributed by atoms with Crippen LogP contribution < -0.4 is 10.2 Å². The van der Waals surface area contributed by atoms with E-state index in [1.807, 2.05) is 32.2 Å². The van der Waals surface area contributed by atoms with Gasteiger partial charge in [0.2, 0.25) is 0 Å². The van der Waals surface area contributed by atoms with Crippen LogP contribution in [0, 0.1) is 10.5 Å². The molecule has 3 rings (SSSR count). The van der Waals surface area contributed by atoms with Gasteiger partial charge in [0.15, 0.2) is 0 Å². The van der Waals surface area contributed by atoms with Gasteiger partial charge in [-0.1, -0.05) is 18.2 Å². The minimum Gasteiger partial charge on any atom is -0.496 e. The first-order valence-corrected chi connectivity index (χ1v) is 8.81. The molecule has 128 valence electrons. The van der Waals surface area contributed by atoms with Crippen LogP contribution >= 0.6 is 22.6 Å². The highest BCUT2D eigenvalue weighted by molar-refractivity contribution is 14.1. The van der Waals surface area contributed by atoms with Crippen molar-refractivity contribution >= 4 is 45.6 Å². The Hall–Kier alpha value is -2.35. The van der Waals surface area contributed by atoms with Gasteiger partial charge in [-0.25, -0.2) is 5.43 Å². The Balaban J connectivity index is 1.82. The maximum Gasteiger partial charge on any atom is 0.271 e. The molecule has 0 aliphatic carbocycles. The lowest BCUT2D eigenvalue weighted by atomic mass is 10.1. The number of amides is 1. The van der Waals surface area contributed by atoms with Crippen molar-refractivity contribution in [3.8, 4) is 5.75 Å². The molecule has 0 saturated heterocycles. The molecular formula is C19H18IN3O2. The lowest BCUT2D eigenvalue weighted by Crippen LogP contribution is -2.17. The van der Waals surface area contributed by atoms with Crippen LogP contribution in [-0.2, 0) is 7.05 Å². The van der Waals surface area contributed by atoms with Crippen LogP contribution in [0.4, 0.5) is 0 Å². The molecule has 0 bridgehead atoms. The minimum atomic E-state index is -0.274. The average molecular weight is 447 g/mol. The predicted octanol–water partition coefficient (Wildman–Crippen LogP) is 3.86. The number of carbonyl (C=O) groups is 1. The number of fused-ring (bicyclic) bond motifs is 1. The molecule has 0 saturated carbocycles. The van der Waals surface area contributed by atoms with Crippen LogP contribution in [0.5, 0.6) is 5.75 Å². The van der Waals surface area contributed by atoms with Gasteiger partial charge < -0.3 is 9.30 Å². The van der Waals surface area contributed by atoms with Crippen molar-refractivity contribution in [2.24, 2.45) is 12.1 Å². The first-order valence-electron chi connectivity index (χ1n) is 7.74. The number of nitrogens with one attached hydrogen (secondary N) is 1. The van der Waals surface area contributed by atoms with E-state index in [0.717, 1.165) is 25.7 Å². The van der Waals surface area contributed by atoms with Crippen molar-refractivity contribution in [3.63, 3.8) is 0 Å². The summed E-state index contributed by atoms with van der Waals surface area (Å²) in [6.07, 6.45) is 1.69. The number of para-hydroxylation sites is 1. The Morgan fingerprint density at radius 2 is 2.04 bits per heavy atom. The molecule has 1 aromatic heterocycles. The van der Waals surface area contributed by atoms with E-state index in [-0.39, 0.29) is 5.91 Å². The quantitative estimate of drug-likeness (QED) is 0.375. The number of nitrogens with zero attached hydrogens (tertiary/aromatic N) is 2. The lowest BCUT2D eigenvalue weighted by Gasteiger charge is -2.05. The van der Waals surface area contributed by atoms with Gasteiger partial charge in [-0.15, -0.1) is 0 Å². The molecule has 5 nitrogen and oxygen atoms in total. The molecule has 1 heterocycles. The normalized spacial score (nSPS) is 11.2. The van der Waals surface area contributed by atoms with Gasteiger partial charge in [0.1, 0.15) is 5.75 Å². The van der Waals surface area contributed by atoms with Gasteiger partial charge >= 0.3 is 0 Å². The Morgan fingerprint density at radius 1 is 1.28 bits per heavy atom. The van der Waals surface area contributed by atoms with Crippen LogP contribution in [0.2, 0.25) is 0 Å². The number of carbonyl (C=O) groups excluding carboxylic acids is 1. The molecule has 1 N–H and O–H groups in total. The molecule has 0 aliphatic heterocycles. The third-order valence-corrected chi connectivity index (χ3v) is 5.11. The summed E-state index contributed by atoms with van der Waals surface area (Å²) in [7, 11) is 3.60. The van der Waals surface area contributed by atoms with E-state index in [1.165, 1.54) is 0 Å². The summed E-state index contributed by atoms with van der Waals surface area (Å²) in [6, 6.07) is 13.4. The van der Waals surface area contributed by atoms with Crippen molar-refractivity contribution in [1.82, 2.24) is 9.99 Å². The van der Waals surface area contributed by atoms with Crippen molar-refractivity contribution < 1.29 is 9.53 Å². The molecule has 1 amide bonds. The SMILES string of the molecule is COc1cc(C(=O)N/N=C\c2c(C)n(C)c3ccccc23)ccc1I. The topological polar surface area (TPSA) is 55.6 Å². The summed E-state index contributed by atoms with van der Waals surface area (Å²) in [5, 5.41) is 5.25. The number of halogens is 1. The van der Waals surface area contributed by atoms with E-state index >= 15 is 0 Å². The molecular weight excluding hydrogens is 429 g/mol. The number of aryl methyl sites for hydroxylation is 1. The third-order valence-electron chi connectivity index (χ3n) is 4.22. The number of benzene rings is 2. The van der Waals surface area contributed by atoms with E-state index in [4.69, 9.17) is 4.74 Å². The second-order valence-electron chi connectivity index (χ2n) is 5.62. The standard InChI is InChI=1S/C19H18IN3O2/c1-12-15(14-6-4-5-7-17(14)23(12)2)11-21-22-19(24)13-8-9-16(20)18(10-13)25-3/h4-11H,1-3H3,(H,22,24)/b21-11-. The number of hydrogen-bond acceptors (Lipinski definition) is 3. The molecule has 0 aliphatic rings. The van der Waals surface area contributed by atoms with E-state index < -0.39 is 0 Å². The fraction of sp³-hybridized carbons (Fsp3) is 0.158. The Kier molecular flexibility index (Phi) is 5.08. The highest BCUT2D eigenvalue weighted by Crippen LogP contribution is 2.23. The minimum absolute atomic E-state index is 0.274. The van der Waals surface area contributed by atoms with E-state index in [2.05, 4.69) is 49.8 Å². The maximum atomic E-state index is 12.3. The number of aromatic nitrogens is 1. The third kappa shape index (κ3) is 3.39. The van der Waals surface area contributed by atoms with Gasteiger partial charge in [-0.05, 0) is 53.8 Å². The van der Waals surface area contributed by atoms with Gasteiger partial charge in [0.25, 0.3) is 5.91 Å². The number of hydrazone groups is 1. The zero-order chi connectivity index (χ0) is 18.0. The molecule has 0 fully saturated rings. The zero-order valence-corrected chi connectivity index (χ0v) is 16.4. The van der Waals surface area contributed by atoms with Crippen LogP contribution in [0.25, 0.3) is 10.9 Å². The Morgan fingerprint density at radius 3 is 2.80 bits per heavy atom. The fourth-order valence-electron chi connectivity index (χ4n) is 2.73. The van der Waals surface area contributed by atoms with Crippen LogP contribution in [0.15, 0.2) is 47.6 Å². The van der Waals surface area contributed by atoms with Crippen LogP contribution in [-0.4, -0.2) is 23.8 Å². The summed E-state index contributed by atoms with van der Waals surface area (Å²) >= 11 is 2.16. The first kappa shape index (κ1) is 17.5. The maximum absolute atomic E-state index is 12.3. The van der Waals surface area contributed by atoms with E-state index in [1.54, 1.807) is 25.5 Å². The van der Waals surface area contributed by atoms with Crippen molar-refractivity contribution in [2.45, 2.75) is 6.92 Å². The summed E-state index contributed by atoms with van der Waals surface area (Å²) in [6.45, 7) is 2.03. The average Bonchev–Trinajstić information content (AvgIpc) is 2.87. The van der Waals surface area contributed by atoms with Crippen molar-refractivity contribution in [3.05, 3.63) is 62.9 Å². The molecule has 2 aromatic carbocycles. The van der Waals surface area contributed by atoms with Gasteiger partial charge in [0, 0.05) is 34.8 Å². The molecule has 0 atom stereocenters. The highest BCUT2D eigenvalue weighted by Gasteiger charge is 2.11. The smallest absolute Gasteiger partial charge is 0.271 e. The monoisotopic (exact) mass is 447 g/mol. The Bertz CT molecular complexity index is 976. The predicted molar refractivity (Wildman–Crippen MR) is 108 cm³/mol. The van der Waals surface area contributed by atoms with E-state index in [0.29, 0.717) is 11.3 Å². The number of hydrogen-bond donors (Lipinski definition) is 1. The van der Waals surface area contributed by atoms with Gasteiger partial charge in [-0.3, -0.25) is 4.79 Å².